The first-order valence-electron chi connectivity index (χ1n) is 49.1. The van der Waals surface area contributed by atoms with Gasteiger partial charge in [-0.3, -0.25) is 67.3 Å². The molecule has 0 aromatic rings. The SMILES string of the molecule is C=C(CCCCCCCCCCCCCCC(=O)O)NCCOCCOCC(=O)NCCCC[C@H](N)C(=O)O.C=C(COCCOCCNC(=O)CC)N[C@@H](CCCNC(=O)COCCOCCNC(=O)CC)C(=O)N(N)CCOCCOCC(=O)NCCCC[C@H](N)C(N)=O.NC(=O)[C@@H](N)CCCCNC(=O)COCCOCCNC(=O)CCCCCCCCCCCCCCC(=O)O. The van der Waals surface area contributed by atoms with Gasteiger partial charge in [-0.25, -0.2) is 5.84 Å². The Bertz CT molecular complexity index is 2940. The first-order chi connectivity index (χ1) is 65.1. The van der Waals surface area contributed by atoms with E-state index in [9.17, 15) is 62.3 Å². The van der Waals surface area contributed by atoms with Crippen molar-refractivity contribution in [3.8, 4) is 0 Å². The lowest BCUT2D eigenvalue weighted by atomic mass is 10.0. The number of aliphatic carboxylic acids is 3. The van der Waals surface area contributed by atoms with Crippen LogP contribution in [0.3, 0.4) is 0 Å². The van der Waals surface area contributed by atoms with E-state index in [1.165, 1.54) is 89.9 Å². The van der Waals surface area contributed by atoms with Crippen molar-refractivity contribution in [2.45, 2.75) is 301 Å². The first-order valence-corrected chi connectivity index (χ1v) is 49.1. The molecule has 0 saturated carbocycles. The van der Waals surface area contributed by atoms with Gasteiger partial charge in [-0.2, -0.15) is 0 Å². The van der Waals surface area contributed by atoms with Crippen LogP contribution in [0.15, 0.2) is 24.6 Å². The summed E-state index contributed by atoms with van der Waals surface area (Å²) in [4.78, 5) is 148. The minimum atomic E-state index is -1.00. The number of unbranched alkanes of at least 4 members (excludes halogenated alkanes) is 25. The van der Waals surface area contributed by atoms with E-state index in [0.717, 1.165) is 81.3 Å². The number of amides is 10. The van der Waals surface area contributed by atoms with Crippen molar-refractivity contribution >= 4 is 77.0 Å². The number of carboxylic acid groups (broad SMARTS) is 3. The average molecular weight is 1940 g/mol. The second-order valence-electron chi connectivity index (χ2n) is 32.7. The Balaban J connectivity index is -0.00000199. The number of carbonyl (C=O) groups excluding carboxylic acids is 10. The highest BCUT2D eigenvalue weighted by Crippen LogP contribution is 2.16. The van der Waals surface area contributed by atoms with E-state index in [1.54, 1.807) is 13.8 Å². The molecule has 0 radical (unpaired) electrons. The summed E-state index contributed by atoms with van der Waals surface area (Å²) in [7, 11) is 0. The van der Waals surface area contributed by atoms with Gasteiger partial charge in [0.25, 0.3) is 5.91 Å². The van der Waals surface area contributed by atoms with Gasteiger partial charge in [0.05, 0.1) is 124 Å². The van der Waals surface area contributed by atoms with E-state index in [2.05, 4.69) is 61.0 Å². The highest BCUT2D eigenvalue weighted by Gasteiger charge is 2.24. The predicted molar refractivity (Wildman–Crippen MR) is 514 cm³/mol. The standard InChI is InChI=1S/C36H69N9O12.C29H55N3O7.C28H54N4O7/c1-4-31(46)42-13-16-52-19-22-55-25-28(3)44-30(10-8-12-41-34(49)27-56-23-20-53-17-14-43-32(47)5-2)36(51)45(39)15-18-54-21-24-57-26-33(48)40-11-7-6-9-29(37)35(38)50;1-25(16-12-10-8-6-4-2-3-5-7-9-11-13-18-28(34)35)31-20-21-38-22-23-39-24-27(33)32-19-15-14-17-26(30)29(36)37;29-24(28(30)37)15-13-14-18-31-26(34)23-39-22-21-38-20-19-32-25(33)16-11-9-7-5-3-1-2-4-6-8-10-12-17-27(35)36/h29-30,44H,3-27,37,39H2,1-2H3,(H2,38,50)(H,40,48)(H,41,49)(H,42,46)(H,43,47);26,31H,1-24,30H2,(H,32,33)(H,34,35)(H,36,37);24H,1-23,29H2,(H2,30,37)(H,31,34)(H,32,33)(H,35,36)/t29-,30-;26-;24-/m000/s1. The highest BCUT2D eigenvalue weighted by molar-refractivity contribution is 5.82. The summed E-state index contributed by atoms with van der Waals surface area (Å²) < 4.78 is 54.0. The van der Waals surface area contributed by atoms with Crippen LogP contribution < -0.4 is 82.4 Å². The maximum atomic E-state index is 13.3. The smallest absolute Gasteiger partial charge is 0.320 e. The fourth-order valence-corrected chi connectivity index (χ4v) is 12.5. The first kappa shape index (κ1) is 131. The zero-order valence-corrected chi connectivity index (χ0v) is 81.9. The van der Waals surface area contributed by atoms with E-state index in [-0.39, 0.29) is 127 Å². The minimum absolute atomic E-state index is 0.0232. The molecule has 0 fully saturated rings. The van der Waals surface area contributed by atoms with E-state index >= 15 is 0 Å². The summed E-state index contributed by atoms with van der Waals surface area (Å²) in [5.74, 6) is 1.13. The number of allylic oxidation sites excluding steroid dienone is 1. The number of rotatable bonds is 98. The summed E-state index contributed by atoms with van der Waals surface area (Å²) >= 11 is 0. The van der Waals surface area contributed by atoms with Gasteiger partial charge < -0.3 is 139 Å². The van der Waals surface area contributed by atoms with Crippen LogP contribution in [0, 0.1) is 0 Å². The molecule has 0 spiro atoms. The molecule has 42 nitrogen and oxygen atoms in total. The van der Waals surface area contributed by atoms with Crippen molar-refractivity contribution in [3.63, 3.8) is 0 Å². The topological polar surface area (TPSA) is 643 Å². The van der Waals surface area contributed by atoms with Crippen LogP contribution in [0.5, 0.6) is 0 Å². The zero-order chi connectivity index (χ0) is 100. The Morgan fingerprint density at radius 1 is 0.281 bits per heavy atom. The third-order valence-corrected chi connectivity index (χ3v) is 20.5. The number of primary amides is 2. The van der Waals surface area contributed by atoms with Gasteiger partial charge in [0.1, 0.15) is 38.5 Å². The van der Waals surface area contributed by atoms with Crippen LogP contribution in [0.4, 0.5) is 0 Å². The third kappa shape index (κ3) is 99.9. The molecule has 0 bridgehead atoms. The van der Waals surface area contributed by atoms with Gasteiger partial charge in [0.2, 0.25) is 53.2 Å². The van der Waals surface area contributed by atoms with Crippen molar-refractivity contribution in [1.82, 2.24) is 52.9 Å². The van der Waals surface area contributed by atoms with Crippen LogP contribution in [-0.2, 0) is 110 Å². The van der Waals surface area contributed by atoms with Gasteiger partial charge >= 0.3 is 17.9 Å². The molecule has 786 valence electrons. The maximum absolute atomic E-state index is 13.3. The largest absolute Gasteiger partial charge is 0.481 e. The third-order valence-electron chi connectivity index (χ3n) is 20.5. The van der Waals surface area contributed by atoms with E-state index < -0.39 is 59.8 Å². The molecular formula is C93H178N16O26. The number of hydrazine groups is 1. The van der Waals surface area contributed by atoms with Gasteiger partial charge in [-0.05, 0) is 103 Å². The molecule has 24 N–H and O–H groups in total. The van der Waals surface area contributed by atoms with Gasteiger partial charge in [-0.1, -0.05) is 155 Å². The Kier molecular flexibility index (Phi) is 95.6. The number of hydrogen-bond donors (Lipinski definition) is 18. The van der Waals surface area contributed by atoms with Crippen molar-refractivity contribution in [2.75, 3.05) is 191 Å². The molecular weight excluding hydrogens is 1760 g/mol. The lowest BCUT2D eigenvalue weighted by Crippen LogP contribution is -2.51. The summed E-state index contributed by atoms with van der Waals surface area (Å²) in [6.45, 7) is 19.5. The number of nitrogens with zero attached hydrogens (tertiary/aromatic N) is 1. The number of carboxylic acids is 3. The normalized spacial score (nSPS) is 11.8. The molecule has 0 heterocycles. The number of hydrogen-bond acceptors (Lipinski definition) is 29. The molecule has 0 aliphatic heterocycles. The van der Waals surface area contributed by atoms with Gasteiger partial charge in [-0.15, -0.1) is 0 Å². The molecule has 0 aliphatic rings. The molecule has 0 rings (SSSR count). The highest BCUT2D eigenvalue weighted by atomic mass is 16.5. The van der Waals surface area contributed by atoms with Crippen molar-refractivity contribution in [2.24, 2.45) is 34.5 Å². The second kappa shape index (κ2) is 98.7. The fraction of sp³-hybridized carbons (Fsp3) is 0.817. The fourth-order valence-electron chi connectivity index (χ4n) is 12.5. The monoisotopic (exact) mass is 1940 g/mol. The van der Waals surface area contributed by atoms with Crippen LogP contribution in [0.2, 0.25) is 0 Å². The second-order valence-corrected chi connectivity index (χ2v) is 32.7. The molecule has 10 amide bonds. The van der Waals surface area contributed by atoms with Crippen LogP contribution in [0.25, 0.3) is 0 Å². The van der Waals surface area contributed by atoms with E-state index in [1.807, 2.05) is 0 Å². The predicted octanol–water partition coefficient (Wildman–Crippen LogP) is 4.46. The Morgan fingerprint density at radius 3 is 0.881 bits per heavy atom. The summed E-state index contributed by atoms with van der Waals surface area (Å²) in [6, 6.07) is -2.95. The van der Waals surface area contributed by atoms with Crippen molar-refractivity contribution in [1.29, 1.82) is 0 Å². The minimum Gasteiger partial charge on any atom is -0.481 e. The Labute approximate surface area is 802 Å². The number of ether oxygens (including phenoxy) is 10. The summed E-state index contributed by atoms with van der Waals surface area (Å²) in [5, 5.41) is 52.5. The molecule has 135 heavy (non-hydrogen) atoms. The van der Waals surface area contributed by atoms with E-state index in [4.69, 9.17) is 97.2 Å². The van der Waals surface area contributed by atoms with Gasteiger partial charge in [0.15, 0.2) is 0 Å². The van der Waals surface area contributed by atoms with Crippen molar-refractivity contribution < 1.29 is 125 Å². The average Bonchev–Trinajstić information content (AvgIpc) is 0.890. The molecule has 0 aromatic carbocycles. The summed E-state index contributed by atoms with van der Waals surface area (Å²) in [5.41, 5.74) is 28.2. The molecule has 4 atom stereocenters. The molecule has 0 aromatic heterocycles. The van der Waals surface area contributed by atoms with Gasteiger partial charge in [0, 0.05) is 95.9 Å². The van der Waals surface area contributed by atoms with Crippen molar-refractivity contribution in [3.05, 3.63) is 24.6 Å². The van der Waals surface area contributed by atoms with Crippen LogP contribution in [-0.4, -0.2) is 313 Å². The Morgan fingerprint density at radius 2 is 0.556 bits per heavy atom. The molecule has 0 unspecified atom stereocenters. The Hall–Kier alpha value is -8.37. The van der Waals surface area contributed by atoms with E-state index in [0.29, 0.717) is 214 Å². The number of nitrogens with one attached hydrogen (secondary N) is 9. The molecule has 0 aliphatic carbocycles. The number of nitrogens with two attached hydrogens (primary N) is 6. The summed E-state index contributed by atoms with van der Waals surface area (Å²) in [6.07, 6.45) is 36.8. The quantitative estimate of drug-likeness (QED) is 0.0173. The van der Waals surface area contributed by atoms with Crippen LogP contribution in [0.1, 0.15) is 277 Å². The lowest BCUT2D eigenvalue weighted by Gasteiger charge is -2.26. The maximum Gasteiger partial charge on any atom is 0.320 e. The molecule has 42 heteroatoms. The van der Waals surface area contributed by atoms with Crippen LogP contribution >= 0.6 is 0 Å². The number of carbonyl (C=O) groups is 13. The molecule has 0 saturated heterocycles. The lowest BCUT2D eigenvalue weighted by molar-refractivity contribution is -0.139. The zero-order valence-electron chi connectivity index (χ0n) is 81.9.